The van der Waals surface area contributed by atoms with Gasteiger partial charge in [0.2, 0.25) is 0 Å². The molecule has 0 radical (unpaired) electrons. The third-order valence-corrected chi connectivity index (χ3v) is 5.20. The fraction of sp³-hybridized carbons (Fsp3) is 0.194. The maximum Gasteiger partial charge on any atom is 0.338 e. The molecule has 0 bridgehead atoms. The number of esters is 3. The largest absolute Gasteiger partial charge is 0.426 e. The molecular formula is C31H30O6. The molecule has 3 rings (SSSR count). The highest BCUT2D eigenvalue weighted by molar-refractivity contribution is 5.89. The van der Waals surface area contributed by atoms with Crippen molar-refractivity contribution in [2.24, 2.45) is 5.92 Å². The predicted octanol–water partition coefficient (Wildman–Crippen LogP) is 6.94. The molecule has 0 aromatic heterocycles. The molecular weight excluding hydrogens is 468 g/mol. The summed E-state index contributed by atoms with van der Waals surface area (Å²) in [5.41, 5.74) is 4.28. The lowest BCUT2D eigenvalue weighted by Gasteiger charge is -2.13. The van der Waals surface area contributed by atoms with E-state index in [1.54, 1.807) is 63.2 Å². The topological polar surface area (TPSA) is 78.9 Å². The van der Waals surface area contributed by atoms with Gasteiger partial charge in [-0.15, -0.1) is 0 Å². The smallest absolute Gasteiger partial charge is 0.338 e. The molecule has 0 unspecified atom stereocenters. The summed E-state index contributed by atoms with van der Waals surface area (Å²) in [5, 5.41) is 0. The maximum atomic E-state index is 12.5. The normalized spacial score (nSPS) is 10.4. The highest BCUT2D eigenvalue weighted by atomic mass is 16.5. The van der Waals surface area contributed by atoms with Crippen molar-refractivity contribution in [3.63, 3.8) is 0 Å². The highest BCUT2D eigenvalue weighted by Gasteiger charge is 2.14. The summed E-state index contributed by atoms with van der Waals surface area (Å²) >= 11 is 0. The van der Waals surface area contributed by atoms with Crippen molar-refractivity contribution < 1.29 is 28.6 Å². The molecule has 0 aliphatic rings. The van der Waals surface area contributed by atoms with Gasteiger partial charge in [-0.2, -0.15) is 0 Å². The lowest BCUT2D eigenvalue weighted by molar-refractivity contribution is -0.137. The summed E-state index contributed by atoms with van der Waals surface area (Å²) in [4.78, 5) is 36.1. The third-order valence-electron chi connectivity index (χ3n) is 5.20. The van der Waals surface area contributed by atoms with E-state index in [0.29, 0.717) is 28.4 Å². The zero-order valence-electron chi connectivity index (χ0n) is 21.7. The van der Waals surface area contributed by atoms with E-state index < -0.39 is 11.9 Å². The Labute approximate surface area is 217 Å². The molecule has 0 amide bonds. The first kappa shape index (κ1) is 27.1. The molecule has 37 heavy (non-hydrogen) atoms. The van der Waals surface area contributed by atoms with Crippen LogP contribution in [-0.4, -0.2) is 17.9 Å². The van der Waals surface area contributed by atoms with E-state index in [2.05, 4.69) is 6.58 Å². The Morgan fingerprint density at radius 1 is 0.730 bits per heavy atom. The Bertz CT molecular complexity index is 1340. The lowest BCUT2D eigenvalue weighted by atomic mass is 9.99. The molecule has 0 saturated carbocycles. The minimum absolute atomic E-state index is 0.236. The van der Waals surface area contributed by atoms with Gasteiger partial charge in [0.05, 0.1) is 5.92 Å². The predicted molar refractivity (Wildman–Crippen MR) is 143 cm³/mol. The maximum absolute atomic E-state index is 12.5. The number of rotatable bonds is 8. The molecule has 0 atom stereocenters. The van der Waals surface area contributed by atoms with E-state index >= 15 is 0 Å². The minimum Gasteiger partial charge on any atom is -0.426 e. The average molecular weight is 499 g/mol. The molecule has 3 aromatic carbocycles. The minimum atomic E-state index is -0.490. The van der Waals surface area contributed by atoms with Crippen molar-refractivity contribution >= 4 is 17.9 Å². The second kappa shape index (κ2) is 12.0. The van der Waals surface area contributed by atoms with Crippen molar-refractivity contribution in [3.8, 4) is 39.5 Å². The van der Waals surface area contributed by atoms with Crippen LogP contribution in [0.25, 0.3) is 22.3 Å². The fourth-order valence-corrected chi connectivity index (χ4v) is 3.24. The van der Waals surface area contributed by atoms with Crippen LogP contribution in [0.1, 0.15) is 34.6 Å². The Balaban J connectivity index is 1.94. The average Bonchev–Trinajstić information content (AvgIpc) is 2.84. The quantitative estimate of drug-likeness (QED) is 0.190. The Hall–Kier alpha value is -4.45. The van der Waals surface area contributed by atoms with Gasteiger partial charge in [-0.25, -0.2) is 9.59 Å². The summed E-state index contributed by atoms with van der Waals surface area (Å²) in [6.45, 7) is 12.3. The van der Waals surface area contributed by atoms with Crippen LogP contribution < -0.4 is 14.2 Å². The Kier molecular flexibility index (Phi) is 8.80. The van der Waals surface area contributed by atoms with Crippen LogP contribution in [0.15, 0.2) is 90.5 Å². The Morgan fingerprint density at radius 2 is 1.27 bits per heavy atom. The number of hydrogen-bond acceptors (Lipinski definition) is 6. The highest BCUT2D eigenvalue weighted by Crippen LogP contribution is 2.36. The van der Waals surface area contributed by atoms with E-state index in [1.807, 2.05) is 38.1 Å². The van der Waals surface area contributed by atoms with E-state index in [4.69, 9.17) is 14.2 Å². The van der Waals surface area contributed by atoms with Gasteiger partial charge >= 0.3 is 17.9 Å². The molecule has 0 aliphatic carbocycles. The van der Waals surface area contributed by atoms with Gasteiger partial charge in [0.15, 0.2) is 0 Å². The summed E-state index contributed by atoms with van der Waals surface area (Å²) in [6.07, 6.45) is 1.43. The first-order valence-corrected chi connectivity index (χ1v) is 11.8. The first-order chi connectivity index (χ1) is 17.5. The molecule has 0 aliphatic heterocycles. The zero-order chi connectivity index (χ0) is 27.1. The van der Waals surface area contributed by atoms with Crippen LogP contribution in [0.4, 0.5) is 0 Å². The lowest BCUT2D eigenvalue weighted by Crippen LogP contribution is -2.14. The number of hydrogen-bond donors (Lipinski definition) is 0. The molecule has 0 N–H and O–H groups in total. The van der Waals surface area contributed by atoms with Crippen LogP contribution in [0.2, 0.25) is 0 Å². The number of benzene rings is 3. The number of carbonyl (C=O) groups excluding carboxylic acids is 3. The molecule has 3 aromatic rings. The van der Waals surface area contributed by atoms with E-state index in [9.17, 15) is 14.4 Å². The summed E-state index contributed by atoms with van der Waals surface area (Å²) in [6, 6.07) is 19.6. The van der Waals surface area contributed by atoms with Crippen molar-refractivity contribution in [1.82, 2.24) is 0 Å². The van der Waals surface area contributed by atoms with Crippen molar-refractivity contribution in [2.75, 3.05) is 0 Å². The van der Waals surface area contributed by atoms with Gasteiger partial charge in [-0.1, -0.05) is 62.4 Å². The Morgan fingerprint density at radius 3 is 1.81 bits per heavy atom. The van der Waals surface area contributed by atoms with Crippen molar-refractivity contribution in [3.05, 3.63) is 90.5 Å². The standard InChI is InChI=1S/C31H30O6/c1-19(2)17-29(32)37-28-18-24(22-7-12-25(13-8-22)35-30(33)20(3)4)11-16-27(28)23-9-14-26(15-10-23)36-31(34)21(5)6/h7-18,21H,3H2,1-2,4-6H3. The van der Waals surface area contributed by atoms with Crippen molar-refractivity contribution in [2.45, 2.75) is 34.6 Å². The number of ether oxygens (including phenoxy) is 3. The van der Waals surface area contributed by atoms with Crippen LogP contribution in [0, 0.1) is 5.92 Å². The monoisotopic (exact) mass is 498 g/mol. The number of carbonyl (C=O) groups is 3. The summed E-state index contributed by atoms with van der Waals surface area (Å²) in [7, 11) is 0. The van der Waals surface area contributed by atoms with Crippen LogP contribution in [0.3, 0.4) is 0 Å². The molecule has 0 spiro atoms. The van der Waals surface area contributed by atoms with E-state index in [1.165, 1.54) is 6.08 Å². The molecule has 6 heteroatoms. The fourth-order valence-electron chi connectivity index (χ4n) is 3.24. The molecule has 0 fully saturated rings. The van der Waals surface area contributed by atoms with Crippen LogP contribution in [0.5, 0.6) is 17.2 Å². The van der Waals surface area contributed by atoms with Gasteiger partial charge in [-0.05, 0) is 67.8 Å². The SMILES string of the molecule is C=C(C)C(=O)Oc1ccc(-c2ccc(-c3ccc(OC(=O)C(C)C)cc3)c(OC(=O)C=C(C)C)c2)cc1. The van der Waals surface area contributed by atoms with E-state index in [-0.39, 0.29) is 11.9 Å². The van der Waals surface area contributed by atoms with Crippen LogP contribution >= 0.6 is 0 Å². The zero-order valence-corrected chi connectivity index (χ0v) is 21.7. The first-order valence-electron chi connectivity index (χ1n) is 11.8. The van der Waals surface area contributed by atoms with Gasteiger partial charge in [-0.3, -0.25) is 4.79 Å². The van der Waals surface area contributed by atoms with Crippen LogP contribution in [-0.2, 0) is 14.4 Å². The molecule has 190 valence electrons. The van der Waals surface area contributed by atoms with Gasteiger partial charge in [0.25, 0.3) is 0 Å². The molecule has 6 nitrogen and oxygen atoms in total. The van der Waals surface area contributed by atoms with Gasteiger partial charge < -0.3 is 14.2 Å². The second-order valence-corrected chi connectivity index (χ2v) is 9.15. The van der Waals surface area contributed by atoms with Crippen molar-refractivity contribution in [1.29, 1.82) is 0 Å². The van der Waals surface area contributed by atoms with Gasteiger partial charge in [0, 0.05) is 17.2 Å². The molecule has 0 heterocycles. The van der Waals surface area contributed by atoms with Gasteiger partial charge in [0.1, 0.15) is 17.2 Å². The summed E-state index contributed by atoms with van der Waals surface area (Å²) in [5.74, 6) is -0.297. The molecule has 0 saturated heterocycles. The third kappa shape index (κ3) is 7.51. The summed E-state index contributed by atoms with van der Waals surface area (Å²) < 4.78 is 16.3. The van der Waals surface area contributed by atoms with E-state index in [0.717, 1.165) is 22.3 Å². The number of allylic oxidation sites excluding steroid dienone is 1. The second-order valence-electron chi connectivity index (χ2n) is 9.15.